The van der Waals surface area contributed by atoms with Gasteiger partial charge in [0.25, 0.3) is 0 Å². The second-order valence-corrected chi connectivity index (χ2v) is 5.76. The number of fused-ring (bicyclic) bond motifs is 1. The van der Waals surface area contributed by atoms with Crippen molar-refractivity contribution in [1.29, 1.82) is 0 Å². The van der Waals surface area contributed by atoms with E-state index in [4.69, 9.17) is 4.74 Å². The number of hydrogen-bond acceptors (Lipinski definition) is 3. The maximum atomic E-state index is 12.2. The number of aromatic nitrogens is 2. The van der Waals surface area contributed by atoms with Gasteiger partial charge >= 0.3 is 0 Å². The summed E-state index contributed by atoms with van der Waals surface area (Å²) in [6.07, 6.45) is 2.16. The van der Waals surface area contributed by atoms with E-state index in [1.807, 2.05) is 59.2 Å². The molecule has 0 fully saturated rings. The minimum Gasteiger partial charge on any atom is -0.497 e. The summed E-state index contributed by atoms with van der Waals surface area (Å²) in [5.74, 6) is 1.50. The fraction of sp³-hybridized carbons (Fsp3) is 0.158. The van der Waals surface area contributed by atoms with Gasteiger partial charge in [-0.15, -0.1) is 0 Å². The van der Waals surface area contributed by atoms with E-state index < -0.39 is 0 Å². The molecule has 5 heteroatoms. The van der Waals surface area contributed by atoms with Crippen LogP contribution < -0.4 is 10.1 Å². The number of nitrogens with one attached hydrogen (secondary N) is 1. The largest absolute Gasteiger partial charge is 0.497 e. The Labute approximate surface area is 139 Å². The summed E-state index contributed by atoms with van der Waals surface area (Å²) in [5, 5.41) is 2.97. The second-order valence-electron chi connectivity index (χ2n) is 5.76. The highest BCUT2D eigenvalue weighted by atomic mass is 16.5. The van der Waals surface area contributed by atoms with E-state index in [0.29, 0.717) is 6.42 Å². The number of amides is 1. The fourth-order valence-electron chi connectivity index (χ4n) is 3.10. The van der Waals surface area contributed by atoms with E-state index in [-0.39, 0.29) is 11.8 Å². The third-order valence-electron chi connectivity index (χ3n) is 4.33. The van der Waals surface area contributed by atoms with Crippen molar-refractivity contribution in [3.63, 3.8) is 0 Å². The SMILES string of the molecule is COc1ccc(C2CC(=O)Nc3c2ncn3-c2ccccc2)cc1. The molecule has 2 heterocycles. The third-order valence-corrected chi connectivity index (χ3v) is 4.33. The molecular weight excluding hydrogens is 302 g/mol. The number of imidazole rings is 1. The number of carbonyl (C=O) groups is 1. The molecule has 1 amide bonds. The molecule has 0 radical (unpaired) electrons. The number of ether oxygens (including phenoxy) is 1. The third kappa shape index (κ3) is 2.44. The van der Waals surface area contributed by atoms with E-state index in [1.165, 1.54) is 0 Å². The van der Waals surface area contributed by atoms with Crippen LogP contribution in [0.3, 0.4) is 0 Å². The maximum absolute atomic E-state index is 12.2. The highest BCUT2D eigenvalue weighted by molar-refractivity contribution is 5.94. The normalized spacial score (nSPS) is 16.4. The Hall–Kier alpha value is -3.08. The van der Waals surface area contributed by atoms with E-state index in [2.05, 4.69) is 10.3 Å². The van der Waals surface area contributed by atoms with Gasteiger partial charge in [-0.1, -0.05) is 30.3 Å². The molecule has 1 N–H and O–H groups in total. The van der Waals surface area contributed by atoms with Crippen LogP contribution in [0.15, 0.2) is 60.9 Å². The summed E-state index contributed by atoms with van der Waals surface area (Å²) >= 11 is 0. The molecule has 1 atom stereocenters. The first-order valence-corrected chi connectivity index (χ1v) is 7.82. The van der Waals surface area contributed by atoms with Gasteiger partial charge in [-0.25, -0.2) is 4.98 Å². The van der Waals surface area contributed by atoms with Gasteiger partial charge in [-0.3, -0.25) is 9.36 Å². The Morgan fingerprint density at radius 1 is 1.12 bits per heavy atom. The highest BCUT2D eigenvalue weighted by Gasteiger charge is 2.30. The van der Waals surface area contributed by atoms with Gasteiger partial charge in [0.05, 0.1) is 12.8 Å². The highest BCUT2D eigenvalue weighted by Crippen LogP contribution is 2.37. The van der Waals surface area contributed by atoms with Crippen LogP contribution in [-0.2, 0) is 4.79 Å². The number of rotatable bonds is 3. The van der Waals surface area contributed by atoms with Crippen molar-refractivity contribution in [2.24, 2.45) is 0 Å². The Morgan fingerprint density at radius 3 is 2.58 bits per heavy atom. The quantitative estimate of drug-likeness (QED) is 0.805. The first kappa shape index (κ1) is 14.5. The topological polar surface area (TPSA) is 56.1 Å². The average molecular weight is 319 g/mol. The van der Waals surface area contributed by atoms with Crippen LogP contribution in [0.1, 0.15) is 23.6 Å². The van der Waals surface area contributed by atoms with Crippen molar-refractivity contribution >= 4 is 11.7 Å². The summed E-state index contributed by atoms with van der Waals surface area (Å²) in [6, 6.07) is 17.7. The first-order valence-electron chi connectivity index (χ1n) is 7.82. The number of para-hydroxylation sites is 1. The monoisotopic (exact) mass is 319 g/mol. The zero-order valence-electron chi connectivity index (χ0n) is 13.3. The van der Waals surface area contributed by atoms with Crippen molar-refractivity contribution in [3.8, 4) is 11.4 Å². The Kier molecular flexibility index (Phi) is 3.54. The number of hydrogen-bond donors (Lipinski definition) is 1. The lowest BCUT2D eigenvalue weighted by Crippen LogP contribution is -2.24. The van der Waals surface area contributed by atoms with Gasteiger partial charge in [0, 0.05) is 18.0 Å². The van der Waals surface area contributed by atoms with Crippen LogP contribution >= 0.6 is 0 Å². The van der Waals surface area contributed by atoms with Gasteiger partial charge in [-0.2, -0.15) is 0 Å². The lowest BCUT2D eigenvalue weighted by atomic mass is 9.90. The number of nitrogens with zero attached hydrogens (tertiary/aromatic N) is 2. The van der Waals surface area contributed by atoms with Crippen LogP contribution in [-0.4, -0.2) is 22.6 Å². The molecule has 0 saturated carbocycles. The van der Waals surface area contributed by atoms with Crippen LogP contribution in [0.2, 0.25) is 0 Å². The molecule has 1 aliphatic heterocycles. The molecule has 0 bridgehead atoms. The predicted octanol–water partition coefficient (Wildman–Crippen LogP) is 3.36. The zero-order valence-corrected chi connectivity index (χ0v) is 13.3. The molecule has 120 valence electrons. The summed E-state index contributed by atoms with van der Waals surface area (Å²) in [6.45, 7) is 0. The molecule has 1 aliphatic rings. The fourth-order valence-corrected chi connectivity index (χ4v) is 3.10. The van der Waals surface area contributed by atoms with Crippen LogP contribution in [0.4, 0.5) is 5.82 Å². The van der Waals surface area contributed by atoms with Crippen LogP contribution in [0, 0.1) is 0 Å². The molecule has 1 aromatic heterocycles. The van der Waals surface area contributed by atoms with Gasteiger partial charge in [-0.05, 0) is 29.8 Å². The summed E-state index contributed by atoms with van der Waals surface area (Å²) < 4.78 is 7.13. The molecule has 3 aromatic rings. The van der Waals surface area contributed by atoms with Crippen molar-refractivity contribution < 1.29 is 9.53 Å². The van der Waals surface area contributed by atoms with Crippen LogP contribution in [0.25, 0.3) is 5.69 Å². The van der Waals surface area contributed by atoms with Crippen molar-refractivity contribution in [2.45, 2.75) is 12.3 Å². The lowest BCUT2D eigenvalue weighted by Gasteiger charge is -2.23. The van der Waals surface area contributed by atoms with Crippen molar-refractivity contribution in [1.82, 2.24) is 9.55 Å². The summed E-state index contributed by atoms with van der Waals surface area (Å²) in [4.78, 5) is 16.8. The van der Waals surface area contributed by atoms with E-state index in [0.717, 1.165) is 28.5 Å². The predicted molar refractivity (Wildman–Crippen MR) is 91.6 cm³/mol. The minimum absolute atomic E-state index is 0.000925. The molecule has 4 rings (SSSR count). The zero-order chi connectivity index (χ0) is 16.5. The van der Waals surface area contributed by atoms with Crippen LogP contribution in [0.5, 0.6) is 5.75 Å². The number of carbonyl (C=O) groups excluding carboxylic acids is 1. The molecule has 5 nitrogen and oxygen atoms in total. The summed E-state index contributed by atoms with van der Waals surface area (Å²) in [7, 11) is 1.64. The molecule has 24 heavy (non-hydrogen) atoms. The van der Waals surface area contributed by atoms with Gasteiger partial charge in [0.2, 0.25) is 5.91 Å². The van der Waals surface area contributed by atoms with Gasteiger partial charge in [0.15, 0.2) is 0 Å². The number of benzene rings is 2. The maximum Gasteiger partial charge on any atom is 0.226 e. The Balaban J connectivity index is 1.78. The van der Waals surface area contributed by atoms with E-state index in [9.17, 15) is 4.79 Å². The second kappa shape index (κ2) is 5.85. The summed E-state index contributed by atoms with van der Waals surface area (Å²) in [5.41, 5.74) is 2.93. The number of methoxy groups -OCH3 is 1. The van der Waals surface area contributed by atoms with Crippen molar-refractivity contribution in [2.75, 3.05) is 12.4 Å². The molecule has 1 unspecified atom stereocenters. The molecule has 0 aliphatic carbocycles. The first-order chi connectivity index (χ1) is 11.8. The molecule has 0 saturated heterocycles. The van der Waals surface area contributed by atoms with E-state index in [1.54, 1.807) is 13.4 Å². The average Bonchev–Trinajstić information content (AvgIpc) is 3.05. The van der Waals surface area contributed by atoms with Crippen molar-refractivity contribution in [3.05, 3.63) is 72.2 Å². The van der Waals surface area contributed by atoms with Gasteiger partial charge < -0.3 is 10.1 Å². The molecule has 2 aromatic carbocycles. The Morgan fingerprint density at radius 2 is 1.88 bits per heavy atom. The smallest absolute Gasteiger partial charge is 0.226 e. The van der Waals surface area contributed by atoms with Gasteiger partial charge in [0.1, 0.15) is 17.9 Å². The Bertz CT molecular complexity index is 869. The molecule has 0 spiro atoms. The standard InChI is InChI=1S/C19H17N3O2/c1-24-15-9-7-13(8-10-15)16-11-17(23)21-19-18(16)20-12-22(19)14-5-3-2-4-6-14/h2-10,12,16H,11H2,1H3,(H,21,23). The lowest BCUT2D eigenvalue weighted by molar-refractivity contribution is -0.116. The van der Waals surface area contributed by atoms with E-state index >= 15 is 0 Å². The minimum atomic E-state index is -0.0513. The molecular formula is C19H17N3O2. The number of anilines is 1.